The smallest absolute Gasteiger partial charge is 0.191 e. The van der Waals surface area contributed by atoms with Crippen molar-refractivity contribution >= 4 is 52.9 Å². The molecule has 0 saturated heterocycles. The first-order valence-corrected chi connectivity index (χ1v) is 9.48. The average Bonchev–Trinajstić information content (AvgIpc) is 3.03. The van der Waals surface area contributed by atoms with Crippen molar-refractivity contribution < 1.29 is 9.47 Å². The van der Waals surface area contributed by atoms with Gasteiger partial charge >= 0.3 is 0 Å². The van der Waals surface area contributed by atoms with Crippen LogP contribution >= 0.6 is 46.9 Å². The summed E-state index contributed by atoms with van der Waals surface area (Å²) in [7, 11) is 1.78. The number of benzene rings is 1. The standard InChI is InChI=1S/C18H22ClN3O2S.HI/c1-12-4-8-25-16(12)11-22-18(20-2)21-5-3-13-9-14(19)17-15(10-13)23-6-7-24-17;/h4,8-10H,3,5-7,11H2,1-2H3,(H2,20,21,22);1H. The normalized spacial score (nSPS) is 13.1. The molecule has 0 atom stereocenters. The van der Waals surface area contributed by atoms with Crippen LogP contribution in [0.25, 0.3) is 0 Å². The number of halogens is 2. The molecule has 8 heteroatoms. The number of nitrogens with one attached hydrogen (secondary N) is 2. The van der Waals surface area contributed by atoms with Gasteiger partial charge in [0.15, 0.2) is 17.5 Å². The summed E-state index contributed by atoms with van der Waals surface area (Å²) in [6.07, 6.45) is 0.815. The Balaban J connectivity index is 0.00000243. The zero-order valence-electron chi connectivity index (χ0n) is 14.8. The van der Waals surface area contributed by atoms with Crippen molar-refractivity contribution in [2.45, 2.75) is 19.9 Å². The van der Waals surface area contributed by atoms with Gasteiger partial charge in [-0.15, -0.1) is 35.3 Å². The van der Waals surface area contributed by atoms with E-state index in [0.29, 0.717) is 24.0 Å². The van der Waals surface area contributed by atoms with Crippen LogP contribution in [0, 0.1) is 6.92 Å². The first-order valence-electron chi connectivity index (χ1n) is 8.23. The topological polar surface area (TPSA) is 54.9 Å². The summed E-state index contributed by atoms with van der Waals surface area (Å²) < 4.78 is 11.2. The number of hydrogen-bond acceptors (Lipinski definition) is 4. The van der Waals surface area contributed by atoms with Crippen molar-refractivity contribution in [1.82, 2.24) is 10.6 Å². The van der Waals surface area contributed by atoms with Gasteiger partial charge < -0.3 is 20.1 Å². The molecule has 26 heavy (non-hydrogen) atoms. The number of nitrogens with zero attached hydrogens (tertiary/aromatic N) is 1. The van der Waals surface area contributed by atoms with E-state index in [4.69, 9.17) is 21.1 Å². The van der Waals surface area contributed by atoms with Gasteiger partial charge in [-0.3, -0.25) is 4.99 Å². The number of aliphatic imine (C=N–C) groups is 1. The van der Waals surface area contributed by atoms with Crippen LogP contribution in [0.1, 0.15) is 16.0 Å². The van der Waals surface area contributed by atoms with Gasteiger partial charge in [0.2, 0.25) is 0 Å². The molecular weight excluding hydrogens is 485 g/mol. The number of hydrogen-bond donors (Lipinski definition) is 2. The molecule has 1 aliphatic heterocycles. The fourth-order valence-electron chi connectivity index (χ4n) is 2.60. The van der Waals surface area contributed by atoms with E-state index in [-0.39, 0.29) is 24.0 Å². The lowest BCUT2D eigenvalue weighted by Crippen LogP contribution is -2.37. The molecule has 2 aromatic rings. The SMILES string of the molecule is CN=C(NCCc1cc(Cl)c2c(c1)OCCO2)NCc1sccc1C.I. The maximum Gasteiger partial charge on any atom is 0.191 e. The highest BCUT2D eigenvalue weighted by molar-refractivity contribution is 14.0. The van der Waals surface area contributed by atoms with E-state index in [9.17, 15) is 0 Å². The van der Waals surface area contributed by atoms with Crippen LogP contribution in [0.5, 0.6) is 11.5 Å². The molecule has 1 aliphatic rings. The van der Waals surface area contributed by atoms with E-state index < -0.39 is 0 Å². The van der Waals surface area contributed by atoms with E-state index in [1.807, 2.05) is 12.1 Å². The fraction of sp³-hybridized carbons (Fsp3) is 0.389. The maximum absolute atomic E-state index is 6.28. The summed E-state index contributed by atoms with van der Waals surface area (Å²) in [6, 6.07) is 6.05. The molecule has 0 bridgehead atoms. The van der Waals surface area contributed by atoms with Crippen LogP contribution < -0.4 is 20.1 Å². The van der Waals surface area contributed by atoms with E-state index in [2.05, 4.69) is 34.0 Å². The molecule has 1 aromatic carbocycles. The van der Waals surface area contributed by atoms with Crippen molar-refractivity contribution in [3.8, 4) is 11.5 Å². The molecule has 1 aromatic heterocycles. The predicted octanol–water partition coefficient (Wildman–Crippen LogP) is 4.01. The van der Waals surface area contributed by atoms with Gasteiger partial charge in [-0.2, -0.15) is 0 Å². The maximum atomic E-state index is 6.28. The van der Waals surface area contributed by atoms with E-state index in [1.165, 1.54) is 10.4 Å². The molecule has 0 radical (unpaired) electrons. The number of thiophene rings is 1. The second-order valence-corrected chi connectivity index (χ2v) is 7.14. The Bertz CT molecular complexity index is 767. The van der Waals surface area contributed by atoms with Gasteiger partial charge in [0.1, 0.15) is 13.2 Å². The molecule has 0 aliphatic carbocycles. The van der Waals surface area contributed by atoms with Crippen molar-refractivity contribution in [1.29, 1.82) is 0 Å². The fourth-order valence-corrected chi connectivity index (χ4v) is 3.74. The van der Waals surface area contributed by atoms with Crippen LogP contribution in [0.4, 0.5) is 0 Å². The Kier molecular flexibility index (Phi) is 8.30. The summed E-state index contributed by atoms with van der Waals surface area (Å²) in [6.45, 7) is 4.75. The third-order valence-electron chi connectivity index (χ3n) is 3.97. The van der Waals surface area contributed by atoms with Gasteiger partial charge in [0, 0.05) is 18.5 Å². The van der Waals surface area contributed by atoms with Gasteiger partial charge in [-0.25, -0.2) is 0 Å². The minimum absolute atomic E-state index is 0. The molecule has 3 rings (SSSR count). The number of guanidine groups is 1. The molecule has 0 amide bonds. The van der Waals surface area contributed by atoms with Crippen molar-refractivity contribution in [2.24, 2.45) is 4.99 Å². The molecule has 0 unspecified atom stereocenters. The highest BCUT2D eigenvalue weighted by Crippen LogP contribution is 2.38. The second-order valence-electron chi connectivity index (χ2n) is 5.73. The molecule has 5 nitrogen and oxygen atoms in total. The Morgan fingerprint density at radius 3 is 2.81 bits per heavy atom. The molecule has 0 saturated carbocycles. The van der Waals surface area contributed by atoms with Crippen molar-refractivity contribution in [3.63, 3.8) is 0 Å². The minimum atomic E-state index is 0. The third-order valence-corrected chi connectivity index (χ3v) is 5.27. The third kappa shape index (κ3) is 5.40. The first-order chi connectivity index (χ1) is 12.2. The Morgan fingerprint density at radius 2 is 2.08 bits per heavy atom. The highest BCUT2D eigenvalue weighted by atomic mass is 127. The zero-order valence-corrected chi connectivity index (χ0v) is 18.7. The molecular formula is C18H23ClIN3O2S. The molecule has 2 heterocycles. The van der Waals surface area contributed by atoms with Gasteiger partial charge in [0.25, 0.3) is 0 Å². The van der Waals surface area contributed by atoms with Crippen LogP contribution in [-0.2, 0) is 13.0 Å². The molecule has 2 N–H and O–H groups in total. The highest BCUT2D eigenvalue weighted by Gasteiger charge is 2.16. The lowest BCUT2D eigenvalue weighted by atomic mass is 10.1. The number of ether oxygens (including phenoxy) is 2. The summed E-state index contributed by atoms with van der Waals surface area (Å²) in [4.78, 5) is 5.59. The number of rotatable bonds is 5. The summed E-state index contributed by atoms with van der Waals surface area (Å²) in [5, 5.41) is 9.37. The Labute approximate surface area is 180 Å². The second kappa shape index (κ2) is 10.2. The Morgan fingerprint density at radius 1 is 1.27 bits per heavy atom. The van der Waals surface area contributed by atoms with Crippen LogP contribution in [-0.4, -0.2) is 32.8 Å². The van der Waals surface area contributed by atoms with Crippen molar-refractivity contribution in [3.05, 3.63) is 44.6 Å². The van der Waals surface area contributed by atoms with Gasteiger partial charge in [-0.05, 0) is 48.1 Å². The molecule has 0 fully saturated rings. The van der Waals surface area contributed by atoms with Crippen molar-refractivity contribution in [2.75, 3.05) is 26.8 Å². The minimum Gasteiger partial charge on any atom is -0.486 e. The number of aryl methyl sites for hydroxylation is 1. The first kappa shape index (κ1) is 21.1. The largest absolute Gasteiger partial charge is 0.486 e. The lowest BCUT2D eigenvalue weighted by molar-refractivity contribution is 0.171. The zero-order chi connectivity index (χ0) is 17.6. The van der Waals surface area contributed by atoms with Gasteiger partial charge in [0.05, 0.1) is 11.6 Å². The lowest BCUT2D eigenvalue weighted by Gasteiger charge is -2.20. The van der Waals surface area contributed by atoms with Crippen LogP contribution in [0.2, 0.25) is 5.02 Å². The Hall–Kier alpha value is -1.19. The predicted molar refractivity (Wildman–Crippen MR) is 119 cm³/mol. The van der Waals surface area contributed by atoms with E-state index in [0.717, 1.165) is 36.8 Å². The molecule has 0 spiro atoms. The summed E-state index contributed by atoms with van der Waals surface area (Å²) in [5.74, 6) is 2.16. The van der Waals surface area contributed by atoms with Gasteiger partial charge in [-0.1, -0.05) is 11.6 Å². The van der Waals surface area contributed by atoms with E-state index >= 15 is 0 Å². The summed E-state index contributed by atoms with van der Waals surface area (Å²) >= 11 is 8.03. The number of fused-ring (bicyclic) bond motifs is 1. The average molecular weight is 508 g/mol. The quantitative estimate of drug-likeness (QED) is 0.365. The van der Waals surface area contributed by atoms with Crippen LogP contribution in [0.15, 0.2) is 28.6 Å². The summed E-state index contributed by atoms with van der Waals surface area (Å²) in [5.41, 5.74) is 2.41. The molecule has 142 valence electrons. The van der Waals surface area contributed by atoms with E-state index in [1.54, 1.807) is 18.4 Å². The monoisotopic (exact) mass is 507 g/mol. The van der Waals surface area contributed by atoms with Crippen LogP contribution in [0.3, 0.4) is 0 Å².